The third-order valence-corrected chi connectivity index (χ3v) is 3.24. The molecule has 20 heavy (non-hydrogen) atoms. The Kier molecular flexibility index (Phi) is 4.56. The van der Waals surface area contributed by atoms with Crippen molar-refractivity contribution in [2.75, 3.05) is 6.54 Å². The van der Waals surface area contributed by atoms with Crippen LogP contribution in [0.15, 0.2) is 30.6 Å². The lowest BCUT2D eigenvalue weighted by Gasteiger charge is -2.08. The summed E-state index contributed by atoms with van der Waals surface area (Å²) in [6.45, 7) is 7.49. The van der Waals surface area contributed by atoms with E-state index in [0.29, 0.717) is 6.54 Å². The summed E-state index contributed by atoms with van der Waals surface area (Å²) < 4.78 is 1.90. The number of hydrogen-bond donors (Lipinski definition) is 1. The normalized spacial score (nSPS) is 10.6. The Morgan fingerprint density at radius 1 is 1.25 bits per heavy atom. The largest absolute Gasteiger partial charge is 0.352 e. The molecule has 0 spiro atoms. The van der Waals surface area contributed by atoms with Crippen molar-refractivity contribution in [3.05, 3.63) is 52.8 Å². The van der Waals surface area contributed by atoms with Gasteiger partial charge in [-0.05, 0) is 44.4 Å². The van der Waals surface area contributed by atoms with Gasteiger partial charge in [-0.3, -0.25) is 9.48 Å². The maximum absolute atomic E-state index is 12.1. The molecule has 4 nitrogen and oxygen atoms in total. The highest BCUT2D eigenvalue weighted by Crippen LogP contribution is 2.10. The van der Waals surface area contributed by atoms with Crippen molar-refractivity contribution in [2.45, 2.75) is 33.7 Å². The maximum Gasteiger partial charge on any atom is 0.251 e. The summed E-state index contributed by atoms with van der Waals surface area (Å²) in [5, 5.41) is 7.17. The van der Waals surface area contributed by atoms with E-state index in [1.807, 2.05) is 56.0 Å². The molecule has 0 saturated carbocycles. The van der Waals surface area contributed by atoms with Crippen molar-refractivity contribution < 1.29 is 4.79 Å². The molecule has 0 aliphatic carbocycles. The van der Waals surface area contributed by atoms with E-state index in [4.69, 9.17) is 0 Å². The molecule has 0 saturated heterocycles. The minimum atomic E-state index is -0.000791. The summed E-state index contributed by atoms with van der Waals surface area (Å²) >= 11 is 0. The van der Waals surface area contributed by atoms with Gasteiger partial charge in [-0.25, -0.2) is 0 Å². The molecule has 0 aliphatic rings. The number of nitrogens with zero attached hydrogens (tertiary/aromatic N) is 2. The van der Waals surface area contributed by atoms with Gasteiger partial charge in [0.15, 0.2) is 0 Å². The van der Waals surface area contributed by atoms with Crippen molar-refractivity contribution in [1.82, 2.24) is 15.1 Å². The van der Waals surface area contributed by atoms with Crippen LogP contribution in [0.3, 0.4) is 0 Å². The molecule has 4 heteroatoms. The van der Waals surface area contributed by atoms with Gasteiger partial charge in [0, 0.05) is 24.8 Å². The zero-order valence-electron chi connectivity index (χ0n) is 12.3. The third-order valence-electron chi connectivity index (χ3n) is 3.24. The summed E-state index contributed by atoms with van der Waals surface area (Å²) in [6.07, 6.45) is 4.72. The first-order chi connectivity index (χ1) is 9.56. The van der Waals surface area contributed by atoms with Gasteiger partial charge in [-0.2, -0.15) is 5.10 Å². The number of aryl methyl sites for hydroxylation is 4. The molecule has 0 bridgehead atoms. The first-order valence-corrected chi connectivity index (χ1v) is 6.91. The van der Waals surface area contributed by atoms with Gasteiger partial charge < -0.3 is 5.32 Å². The van der Waals surface area contributed by atoms with E-state index in [1.54, 1.807) is 0 Å². The van der Waals surface area contributed by atoms with E-state index in [1.165, 1.54) is 5.56 Å². The van der Waals surface area contributed by atoms with E-state index in [9.17, 15) is 4.79 Å². The van der Waals surface area contributed by atoms with Crippen LogP contribution < -0.4 is 5.32 Å². The van der Waals surface area contributed by atoms with Crippen LogP contribution in [0.4, 0.5) is 0 Å². The molecule has 0 fully saturated rings. The Hall–Kier alpha value is -2.10. The quantitative estimate of drug-likeness (QED) is 0.850. The van der Waals surface area contributed by atoms with E-state index < -0.39 is 0 Å². The minimum absolute atomic E-state index is 0.000791. The topological polar surface area (TPSA) is 46.9 Å². The molecule has 1 N–H and O–H groups in total. The predicted molar refractivity (Wildman–Crippen MR) is 79.8 cm³/mol. The van der Waals surface area contributed by atoms with Crippen LogP contribution in [0.25, 0.3) is 0 Å². The molecular formula is C16H21N3O. The molecular weight excluding hydrogens is 250 g/mol. The lowest BCUT2D eigenvalue weighted by atomic mass is 10.1. The van der Waals surface area contributed by atoms with Crippen LogP contribution in [0.2, 0.25) is 0 Å². The van der Waals surface area contributed by atoms with Gasteiger partial charge in [-0.1, -0.05) is 17.7 Å². The first kappa shape index (κ1) is 14.3. The van der Waals surface area contributed by atoms with Gasteiger partial charge in [0.1, 0.15) is 0 Å². The second kappa shape index (κ2) is 6.37. The second-order valence-electron chi connectivity index (χ2n) is 5.21. The zero-order chi connectivity index (χ0) is 14.5. The van der Waals surface area contributed by atoms with Crippen molar-refractivity contribution in [3.8, 4) is 0 Å². The average Bonchev–Trinajstić information content (AvgIpc) is 2.80. The fourth-order valence-corrected chi connectivity index (χ4v) is 2.20. The summed E-state index contributed by atoms with van der Waals surface area (Å²) in [7, 11) is 0. The molecule has 0 unspecified atom stereocenters. The van der Waals surface area contributed by atoms with Crippen molar-refractivity contribution >= 4 is 5.91 Å². The molecule has 106 valence electrons. The Morgan fingerprint density at radius 2 is 2.05 bits per heavy atom. The van der Waals surface area contributed by atoms with Crippen LogP contribution in [-0.2, 0) is 6.54 Å². The molecule has 1 heterocycles. The monoisotopic (exact) mass is 271 g/mol. The van der Waals surface area contributed by atoms with Crippen molar-refractivity contribution in [2.24, 2.45) is 0 Å². The number of rotatable bonds is 5. The molecule has 0 atom stereocenters. The van der Waals surface area contributed by atoms with Gasteiger partial charge in [0.2, 0.25) is 0 Å². The zero-order valence-corrected chi connectivity index (χ0v) is 12.3. The molecule has 0 aliphatic heterocycles. The molecule has 2 rings (SSSR count). The highest BCUT2D eigenvalue weighted by molar-refractivity contribution is 5.95. The minimum Gasteiger partial charge on any atom is -0.352 e. The Labute approximate surface area is 119 Å². The maximum atomic E-state index is 12.1. The number of nitrogens with one attached hydrogen (secondary N) is 1. The molecule has 0 radical (unpaired) electrons. The SMILES string of the molecule is Cc1ccc(C(=O)NCCCn2cc(C)cn2)c(C)c1. The van der Waals surface area contributed by atoms with Gasteiger partial charge >= 0.3 is 0 Å². The Bertz CT molecular complexity index is 602. The van der Waals surface area contributed by atoms with Crippen LogP contribution in [0.5, 0.6) is 0 Å². The van der Waals surface area contributed by atoms with Crippen LogP contribution in [0.1, 0.15) is 33.5 Å². The van der Waals surface area contributed by atoms with E-state index in [2.05, 4.69) is 10.4 Å². The summed E-state index contributed by atoms with van der Waals surface area (Å²) in [4.78, 5) is 12.1. The van der Waals surface area contributed by atoms with E-state index in [-0.39, 0.29) is 5.91 Å². The number of hydrogen-bond acceptors (Lipinski definition) is 2. The number of benzene rings is 1. The van der Waals surface area contributed by atoms with E-state index >= 15 is 0 Å². The second-order valence-corrected chi connectivity index (χ2v) is 5.21. The fraction of sp³-hybridized carbons (Fsp3) is 0.375. The standard InChI is InChI=1S/C16H21N3O/c1-12-5-6-15(14(3)9-12)16(20)17-7-4-8-19-11-13(2)10-18-19/h5-6,9-11H,4,7-8H2,1-3H3,(H,17,20). The Morgan fingerprint density at radius 3 is 2.70 bits per heavy atom. The van der Waals surface area contributed by atoms with Crippen molar-refractivity contribution in [1.29, 1.82) is 0 Å². The van der Waals surface area contributed by atoms with Crippen molar-refractivity contribution in [3.63, 3.8) is 0 Å². The lowest BCUT2D eigenvalue weighted by Crippen LogP contribution is -2.26. The van der Waals surface area contributed by atoms with Gasteiger partial charge in [0.25, 0.3) is 5.91 Å². The van der Waals surface area contributed by atoms with Crippen LogP contribution >= 0.6 is 0 Å². The third kappa shape index (κ3) is 3.70. The highest BCUT2D eigenvalue weighted by Gasteiger charge is 2.07. The summed E-state index contributed by atoms with van der Waals surface area (Å²) in [5.74, 6) is -0.000791. The number of aromatic nitrogens is 2. The summed E-state index contributed by atoms with van der Waals surface area (Å²) in [5.41, 5.74) is 4.10. The number of amides is 1. The van der Waals surface area contributed by atoms with Crippen LogP contribution in [-0.4, -0.2) is 22.2 Å². The highest BCUT2D eigenvalue weighted by atomic mass is 16.1. The van der Waals surface area contributed by atoms with E-state index in [0.717, 1.165) is 29.7 Å². The number of carbonyl (C=O) groups excluding carboxylic acids is 1. The molecule has 2 aromatic rings. The van der Waals surface area contributed by atoms with Gasteiger partial charge in [-0.15, -0.1) is 0 Å². The fourth-order valence-electron chi connectivity index (χ4n) is 2.20. The van der Waals surface area contributed by atoms with Crippen LogP contribution in [0, 0.1) is 20.8 Å². The molecule has 1 amide bonds. The Balaban J connectivity index is 1.80. The molecule has 1 aromatic heterocycles. The average molecular weight is 271 g/mol. The number of carbonyl (C=O) groups is 1. The van der Waals surface area contributed by atoms with Gasteiger partial charge in [0.05, 0.1) is 6.20 Å². The molecule has 1 aromatic carbocycles. The summed E-state index contributed by atoms with van der Waals surface area (Å²) in [6, 6.07) is 5.88. The predicted octanol–water partition coefficient (Wildman–Crippen LogP) is 2.63. The first-order valence-electron chi connectivity index (χ1n) is 6.91. The lowest BCUT2D eigenvalue weighted by molar-refractivity contribution is 0.0952. The smallest absolute Gasteiger partial charge is 0.251 e.